The minimum Gasteiger partial charge on any atom is -0.333 e. The first kappa shape index (κ1) is 14.6. The number of hydrogen-bond acceptors (Lipinski definition) is 3. The van der Waals surface area contributed by atoms with Gasteiger partial charge in [0.2, 0.25) is 0 Å². The molecule has 2 heterocycles. The van der Waals surface area contributed by atoms with E-state index < -0.39 is 0 Å². The van der Waals surface area contributed by atoms with E-state index in [-0.39, 0.29) is 12.1 Å². The van der Waals surface area contributed by atoms with Crippen LogP contribution in [0.15, 0.2) is 36.5 Å². The molecule has 0 saturated carbocycles. The summed E-state index contributed by atoms with van der Waals surface area (Å²) in [5.41, 5.74) is 2.11. The number of benzene rings is 1. The number of nitrogens with zero attached hydrogens (tertiary/aromatic N) is 1. The van der Waals surface area contributed by atoms with Crippen molar-refractivity contribution < 1.29 is 4.79 Å². The van der Waals surface area contributed by atoms with Gasteiger partial charge in [-0.25, -0.2) is 4.79 Å². The van der Waals surface area contributed by atoms with Crippen molar-refractivity contribution in [2.45, 2.75) is 26.4 Å². The van der Waals surface area contributed by atoms with Gasteiger partial charge in [-0.2, -0.15) is 5.10 Å². The Bertz CT molecular complexity index is 779. The fraction of sp³-hybridized carbons (Fsp3) is 0.250. The standard InChI is InChI=1S/C16H18N4OS/c1-10-13-5-3-4-6-14(13)22-15(10)11(2)19-16(21)17-9-12-7-8-18-20-12/h3-8,11H,9H2,1-2H3,(H,18,20)(H2,17,19,21). The van der Waals surface area contributed by atoms with E-state index in [2.05, 4.69) is 39.9 Å². The number of carbonyl (C=O) groups is 1. The monoisotopic (exact) mass is 314 g/mol. The Morgan fingerprint density at radius 2 is 2.18 bits per heavy atom. The highest BCUT2D eigenvalue weighted by molar-refractivity contribution is 7.19. The first-order chi connectivity index (χ1) is 10.6. The molecule has 1 aromatic carbocycles. The van der Waals surface area contributed by atoms with Crippen molar-refractivity contribution in [1.82, 2.24) is 20.8 Å². The molecule has 0 aliphatic heterocycles. The normalized spacial score (nSPS) is 12.3. The lowest BCUT2D eigenvalue weighted by Gasteiger charge is -2.14. The lowest BCUT2D eigenvalue weighted by atomic mass is 10.1. The highest BCUT2D eigenvalue weighted by Gasteiger charge is 2.16. The Hall–Kier alpha value is -2.34. The molecule has 5 nitrogen and oxygen atoms in total. The fourth-order valence-electron chi connectivity index (χ4n) is 2.48. The largest absolute Gasteiger partial charge is 0.333 e. The van der Waals surface area contributed by atoms with Gasteiger partial charge >= 0.3 is 6.03 Å². The second kappa shape index (κ2) is 6.19. The van der Waals surface area contributed by atoms with E-state index in [9.17, 15) is 4.79 Å². The van der Waals surface area contributed by atoms with Gasteiger partial charge in [0.05, 0.1) is 18.3 Å². The van der Waals surface area contributed by atoms with Gasteiger partial charge in [0, 0.05) is 15.8 Å². The Labute approximate surface area is 132 Å². The summed E-state index contributed by atoms with van der Waals surface area (Å²) in [5.74, 6) is 0. The number of H-pyrrole nitrogens is 1. The zero-order valence-electron chi connectivity index (χ0n) is 12.5. The molecule has 0 bridgehead atoms. The van der Waals surface area contributed by atoms with E-state index in [1.54, 1.807) is 17.5 Å². The topological polar surface area (TPSA) is 69.8 Å². The van der Waals surface area contributed by atoms with Gasteiger partial charge in [-0.15, -0.1) is 11.3 Å². The predicted molar refractivity (Wildman–Crippen MR) is 88.9 cm³/mol. The maximum atomic E-state index is 12.0. The average Bonchev–Trinajstić information content (AvgIpc) is 3.14. The van der Waals surface area contributed by atoms with Gasteiger partial charge < -0.3 is 10.6 Å². The van der Waals surface area contributed by atoms with E-state index >= 15 is 0 Å². The number of carbonyl (C=O) groups excluding carboxylic acids is 1. The molecule has 22 heavy (non-hydrogen) atoms. The third-order valence-corrected chi connectivity index (χ3v) is 5.07. The molecule has 6 heteroatoms. The molecule has 3 rings (SSSR count). The minimum atomic E-state index is -0.182. The van der Waals surface area contributed by atoms with Crippen molar-refractivity contribution in [1.29, 1.82) is 0 Å². The summed E-state index contributed by atoms with van der Waals surface area (Å²) in [5, 5.41) is 13.7. The van der Waals surface area contributed by atoms with Crippen molar-refractivity contribution in [2.24, 2.45) is 0 Å². The highest BCUT2D eigenvalue weighted by atomic mass is 32.1. The van der Waals surface area contributed by atoms with Crippen molar-refractivity contribution in [3.8, 4) is 0 Å². The molecule has 1 unspecified atom stereocenters. The lowest BCUT2D eigenvalue weighted by Crippen LogP contribution is -2.36. The zero-order valence-corrected chi connectivity index (χ0v) is 13.3. The van der Waals surface area contributed by atoms with E-state index in [0.29, 0.717) is 6.54 Å². The lowest BCUT2D eigenvalue weighted by molar-refractivity contribution is 0.237. The van der Waals surface area contributed by atoms with Crippen molar-refractivity contribution in [3.63, 3.8) is 0 Å². The first-order valence-electron chi connectivity index (χ1n) is 7.16. The smallest absolute Gasteiger partial charge is 0.315 e. The van der Waals surface area contributed by atoms with Crippen LogP contribution >= 0.6 is 11.3 Å². The van der Waals surface area contributed by atoms with Gasteiger partial charge in [-0.1, -0.05) is 18.2 Å². The zero-order chi connectivity index (χ0) is 15.5. The predicted octanol–water partition coefficient (Wildman–Crippen LogP) is 3.49. The van der Waals surface area contributed by atoms with E-state index in [1.807, 2.05) is 25.1 Å². The molecule has 0 aliphatic rings. The molecule has 0 fully saturated rings. The van der Waals surface area contributed by atoms with Crippen molar-refractivity contribution in [2.75, 3.05) is 0 Å². The van der Waals surface area contributed by atoms with Crippen LogP contribution in [0.1, 0.15) is 29.1 Å². The summed E-state index contributed by atoms with van der Waals surface area (Å²) in [4.78, 5) is 13.2. The third kappa shape index (κ3) is 2.96. The number of amides is 2. The average molecular weight is 314 g/mol. The van der Waals surface area contributed by atoms with Crippen LogP contribution in [0, 0.1) is 6.92 Å². The van der Waals surface area contributed by atoms with Crippen molar-refractivity contribution >= 4 is 27.5 Å². The maximum absolute atomic E-state index is 12.0. The van der Waals surface area contributed by atoms with Crippen LogP contribution in [-0.4, -0.2) is 16.2 Å². The quantitative estimate of drug-likeness (QED) is 0.690. The molecule has 3 aromatic rings. The Kier molecular flexibility index (Phi) is 4.11. The Balaban J connectivity index is 1.66. The Morgan fingerprint density at radius 1 is 1.36 bits per heavy atom. The van der Waals surface area contributed by atoms with Gasteiger partial charge in [0.25, 0.3) is 0 Å². The number of fused-ring (bicyclic) bond motifs is 1. The van der Waals surface area contributed by atoms with Crippen LogP contribution < -0.4 is 10.6 Å². The number of thiophene rings is 1. The van der Waals surface area contributed by atoms with Gasteiger partial charge in [-0.3, -0.25) is 5.10 Å². The van der Waals surface area contributed by atoms with Crippen molar-refractivity contribution in [3.05, 3.63) is 52.7 Å². The highest BCUT2D eigenvalue weighted by Crippen LogP contribution is 2.34. The van der Waals surface area contributed by atoms with Crippen LogP contribution in [-0.2, 0) is 6.54 Å². The summed E-state index contributed by atoms with van der Waals surface area (Å²) in [7, 11) is 0. The molecule has 0 saturated heterocycles. The van der Waals surface area contributed by atoms with Crippen LogP contribution in [0.3, 0.4) is 0 Å². The summed E-state index contributed by atoms with van der Waals surface area (Å²) in [6.45, 7) is 4.55. The first-order valence-corrected chi connectivity index (χ1v) is 7.97. The Morgan fingerprint density at radius 3 is 2.91 bits per heavy atom. The molecule has 0 aliphatic carbocycles. The number of nitrogens with one attached hydrogen (secondary N) is 3. The summed E-state index contributed by atoms with van der Waals surface area (Å²) >= 11 is 1.73. The van der Waals surface area contributed by atoms with Crippen LogP contribution in [0.2, 0.25) is 0 Å². The summed E-state index contributed by atoms with van der Waals surface area (Å²) in [6.07, 6.45) is 1.66. The minimum absolute atomic E-state index is 0.0285. The number of rotatable bonds is 4. The summed E-state index contributed by atoms with van der Waals surface area (Å²) < 4.78 is 1.25. The van der Waals surface area contributed by atoms with Crippen LogP contribution in [0.25, 0.3) is 10.1 Å². The number of aryl methyl sites for hydroxylation is 1. The van der Waals surface area contributed by atoms with E-state index in [0.717, 1.165) is 5.69 Å². The molecular weight excluding hydrogens is 296 g/mol. The molecule has 114 valence electrons. The molecule has 1 atom stereocenters. The molecular formula is C16H18N4OS. The molecule has 0 spiro atoms. The van der Waals surface area contributed by atoms with Gasteiger partial charge in [0.15, 0.2) is 0 Å². The second-order valence-corrected chi connectivity index (χ2v) is 6.30. The maximum Gasteiger partial charge on any atom is 0.315 e. The van der Waals surface area contributed by atoms with Crippen LogP contribution in [0.5, 0.6) is 0 Å². The third-order valence-electron chi connectivity index (χ3n) is 3.62. The molecule has 2 aromatic heterocycles. The number of aromatic nitrogens is 2. The van der Waals surface area contributed by atoms with Crippen LogP contribution in [0.4, 0.5) is 4.79 Å². The SMILES string of the molecule is Cc1c(C(C)NC(=O)NCc2ccn[nH]2)sc2ccccc12. The second-order valence-electron chi connectivity index (χ2n) is 5.22. The fourth-order valence-corrected chi connectivity index (χ4v) is 3.69. The number of hydrogen-bond donors (Lipinski definition) is 3. The number of urea groups is 1. The molecule has 2 amide bonds. The number of aromatic amines is 1. The molecule has 0 radical (unpaired) electrons. The van der Waals surface area contributed by atoms with E-state index in [1.165, 1.54) is 20.5 Å². The summed E-state index contributed by atoms with van der Waals surface area (Å²) in [6, 6.07) is 9.94. The van der Waals surface area contributed by atoms with Gasteiger partial charge in [0.1, 0.15) is 0 Å². The van der Waals surface area contributed by atoms with Gasteiger partial charge in [-0.05, 0) is 36.9 Å². The molecule has 3 N–H and O–H groups in total. The van der Waals surface area contributed by atoms with E-state index in [4.69, 9.17) is 0 Å².